The highest BCUT2D eigenvalue weighted by Crippen LogP contribution is 2.31. The van der Waals surface area contributed by atoms with Gasteiger partial charge in [-0.1, -0.05) is 18.2 Å². The number of nitrogens with two attached hydrogens (primary N) is 1. The van der Waals surface area contributed by atoms with Gasteiger partial charge in [-0.3, -0.25) is 4.79 Å². The first-order valence-corrected chi connectivity index (χ1v) is 5.98. The van der Waals surface area contributed by atoms with E-state index in [4.69, 9.17) is 15.2 Å². The van der Waals surface area contributed by atoms with Gasteiger partial charge < -0.3 is 20.5 Å². The van der Waals surface area contributed by atoms with Crippen LogP contribution in [0.3, 0.4) is 0 Å². The molecule has 1 aliphatic heterocycles. The van der Waals surface area contributed by atoms with Crippen LogP contribution in [-0.4, -0.2) is 32.3 Å². The number of para-hydroxylation sites is 1. The molecule has 0 aliphatic carbocycles. The number of benzene rings is 1. The number of hydrogen-bond acceptors (Lipinski definition) is 4. The zero-order valence-electron chi connectivity index (χ0n) is 10.8. The van der Waals surface area contributed by atoms with E-state index in [0.29, 0.717) is 13.2 Å². The Balaban J connectivity index is 0.00000180. The summed E-state index contributed by atoms with van der Waals surface area (Å²) < 4.78 is 10.6. The number of hydrogen-bond donors (Lipinski definition) is 2. The third kappa shape index (κ3) is 3.83. The third-order valence-electron chi connectivity index (χ3n) is 3.04. The van der Waals surface area contributed by atoms with E-state index in [0.717, 1.165) is 11.3 Å². The van der Waals surface area contributed by atoms with Gasteiger partial charge in [0.2, 0.25) is 5.91 Å². The number of nitrogens with one attached hydrogen (secondary N) is 1. The van der Waals surface area contributed by atoms with Crippen molar-refractivity contribution in [1.29, 1.82) is 0 Å². The molecule has 2 atom stereocenters. The third-order valence-corrected chi connectivity index (χ3v) is 3.04. The minimum absolute atomic E-state index is 0. The monoisotopic (exact) mass is 286 g/mol. The van der Waals surface area contributed by atoms with Crippen molar-refractivity contribution >= 4 is 18.3 Å². The van der Waals surface area contributed by atoms with Gasteiger partial charge in [-0.25, -0.2) is 0 Å². The quantitative estimate of drug-likeness (QED) is 0.848. The lowest BCUT2D eigenvalue weighted by molar-refractivity contribution is -0.124. The van der Waals surface area contributed by atoms with E-state index in [2.05, 4.69) is 5.32 Å². The number of halogens is 1. The molecular weight excluding hydrogens is 268 g/mol. The predicted octanol–water partition coefficient (Wildman–Crippen LogP) is 1.02. The average Bonchev–Trinajstić information content (AvgIpc) is 2.79. The summed E-state index contributed by atoms with van der Waals surface area (Å²) >= 11 is 0. The fraction of sp³-hybridized carbons (Fsp3) is 0.462. The molecule has 19 heavy (non-hydrogen) atoms. The van der Waals surface area contributed by atoms with Gasteiger partial charge in [-0.15, -0.1) is 12.4 Å². The summed E-state index contributed by atoms with van der Waals surface area (Å²) in [6.07, 6.45) is 0.0358. The van der Waals surface area contributed by atoms with Gasteiger partial charge >= 0.3 is 0 Å². The van der Waals surface area contributed by atoms with Crippen molar-refractivity contribution in [2.24, 2.45) is 5.73 Å². The molecule has 1 aliphatic rings. The summed E-state index contributed by atoms with van der Waals surface area (Å²) in [4.78, 5) is 11.8. The number of amides is 1. The van der Waals surface area contributed by atoms with E-state index in [1.54, 1.807) is 7.11 Å². The molecule has 0 radical (unpaired) electrons. The van der Waals surface area contributed by atoms with E-state index in [1.165, 1.54) is 0 Å². The minimum atomic E-state index is -0.234. The molecule has 1 aromatic carbocycles. The second-order valence-electron chi connectivity index (χ2n) is 4.27. The number of carbonyl (C=O) groups excluding carboxylic acids is 1. The highest BCUT2D eigenvalue weighted by Gasteiger charge is 2.25. The Morgan fingerprint density at radius 3 is 3.00 bits per heavy atom. The maximum Gasteiger partial charge on any atom is 0.223 e. The predicted molar refractivity (Wildman–Crippen MR) is 74.5 cm³/mol. The Morgan fingerprint density at radius 2 is 2.32 bits per heavy atom. The van der Waals surface area contributed by atoms with Crippen LogP contribution >= 0.6 is 12.4 Å². The number of carbonyl (C=O) groups is 1. The Kier molecular flexibility index (Phi) is 6.08. The fourth-order valence-electron chi connectivity index (χ4n) is 2.01. The van der Waals surface area contributed by atoms with Crippen LogP contribution in [0.25, 0.3) is 0 Å². The van der Waals surface area contributed by atoms with Crippen LogP contribution in [0.1, 0.15) is 18.0 Å². The van der Waals surface area contributed by atoms with Crippen LogP contribution in [0.4, 0.5) is 0 Å². The van der Waals surface area contributed by atoms with Gasteiger partial charge in [0.05, 0.1) is 18.6 Å². The van der Waals surface area contributed by atoms with E-state index in [-0.39, 0.29) is 36.9 Å². The molecule has 1 amide bonds. The summed E-state index contributed by atoms with van der Waals surface area (Å²) in [5.74, 6) is 0.766. The maximum atomic E-state index is 11.8. The summed E-state index contributed by atoms with van der Waals surface area (Å²) in [5, 5.41) is 2.93. The molecule has 1 heterocycles. The molecule has 2 unspecified atom stereocenters. The lowest BCUT2D eigenvalue weighted by atomic mass is 10.1. The van der Waals surface area contributed by atoms with E-state index in [1.807, 2.05) is 24.3 Å². The Bertz CT molecular complexity index is 424. The van der Waals surface area contributed by atoms with Gasteiger partial charge in [-0.05, 0) is 6.07 Å². The fourth-order valence-corrected chi connectivity index (χ4v) is 2.01. The first kappa shape index (κ1) is 15.8. The van der Waals surface area contributed by atoms with Crippen molar-refractivity contribution in [3.05, 3.63) is 29.8 Å². The van der Waals surface area contributed by atoms with Crippen molar-refractivity contribution in [3.63, 3.8) is 0 Å². The average molecular weight is 287 g/mol. The lowest BCUT2D eigenvalue weighted by Crippen LogP contribution is -2.34. The largest absolute Gasteiger partial charge is 0.491 e. The standard InChI is InChI=1S/C13H18N2O3.ClH/c1-17-9(7-14)6-13(16)15-11-8-18-12-5-3-2-4-10(11)12;/h2-5,9,11H,6-8,14H2,1H3,(H,15,16);1H. The number of ether oxygens (including phenoxy) is 2. The van der Waals surface area contributed by atoms with Crippen LogP contribution in [0.5, 0.6) is 5.75 Å². The van der Waals surface area contributed by atoms with Gasteiger partial charge in [0.15, 0.2) is 0 Å². The molecule has 6 heteroatoms. The molecule has 0 aromatic heterocycles. The van der Waals surface area contributed by atoms with Gasteiger partial charge in [0.1, 0.15) is 12.4 Å². The number of methoxy groups -OCH3 is 1. The van der Waals surface area contributed by atoms with Crippen molar-refractivity contribution < 1.29 is 14.3 Å². The van der Waals surface area contributed by atoms with Crippen LogP contribution in [0.2, 0.25) is 0 Å². The lowest BCUT2D eigenvalue weighted by Gasteiger charge is -2.15. The van der Waals surface area contributed by atoms with Crippen molar-refractivity contribution in [3.8, 4) is 5.75 Å². The summed E-state index contributed by atoms with van der Waals surface area (Å²) in [6, 6.07) is 7.63. The van der Waals surface area contributed by atoms with Crippen molar-refractivity contribution in [1.82, 2.24) is 5.32 Å². The number of fused-ring (bicyclic) bond motifs is 1. The Morgan fingerprint density at radius 1 is 1.58 bits per heavy atom. The molecule has 5 nitrogen and oxygen atoms in total. The zero-order valence-corrected chi connectivity index (χ0v) is 11.6. The minimum Gasteiger partial charge on any atom is -0.491 e. The van der Waals surface area contributed by atoms with Crippen LogP contribution in [-0.2, 0) is 9.53 Å². The van der Waals surface area contributed by atoms with Gasteiger partial charge in [0, 0.05) is 19.2 Å². The summed E-state index contributed by atoms with van der Waals surface area (Å²) in [6.45, 7) is 0.813. The second kappa shape index (κ2) is 7.33. The zero-order chi connectivity index (χ0) is 13.0. The highest BCUT2D eigenvalue weighted by molar-refractivity contribution is 5.85. The second-order valence-corrected chi connectivity index (χ2v) is 4.27. The van der Waals surface area contributed by atoms with Crippen LogP contribution < -0.4 is 15.8 Å². The molecule has 0 saturated heterocycles. The summed E-state index contributed by atoms with van der Waals surface area (Å²) in [5.41, 5.74) is 6.51. The molecular formula is C13H19ClN2O3. The van der Waals surface area contributed by atoms with Crippen LogP contribution in [0.15, 0.2) is 24.3 Å². The molecule has 0 bridgehead atoms. The summed E-state index contributed by atoms with van der Waals surface area (Å²) in [7, 11) is 1.55. The highest BCUT2D eigenvalue weighted by atomic mass is 35.5. The maximum absolute atomic E-state index is 11.8. The van der Waals surface area contributed by atoms with E-state index >= 15 is 0 Å². The molecule has 0 saturated carbocycles. The van der Waals surface area contributed by atoms with E-state index in [9.17, 15) is 4.79 Å². The molecule has 3 N–H and O–H groups in total. The van der Waals surface area contributed by atoms with Crippen molar-refractivity contribution in [2.75, 3.05) is 20.3 Å². The van der Waals surface area contributed by atoms with Gasteiger partial charge in [-0.2, -0.15) is 0 Å². The number of rotatable bonds is 5. The molecule has 106 valence electrons. The van der Waals surface area contributed by atoms with E-state index < -0.39 is 0 Å². The molecule has 0 spiro atoms. The Hall–Kier alpha value is -1.30. The van der Waals surface area contributed by atoms with Crippen molar-refractivity contribution in [2.45, 2.75) is 18.6 Å². The topological polar surface area (TPSA) is 73.6 Å². The Labute approximate surface area is 118 Å². The molecule has 2 rings (SSSR count). The normalized spacial score (nSPS) is 17.9. The molecule has 1 aromatic rings. The van der Waals surface area contributed by atoms with Gasteiger partial charge in [0.25, 0.3) is 0 Å². The smallest absolute Gasteiger partial charge is 0.223 e. The SMILES string of the molecule is COC(CN)CC(=O)NC1COc2ccccc21.Cl. The molecule has 0 fully saturated rings. The van der Waals surface area contributed by atoms with Crippen LogP contribution in [0, 0.1) is 0 Å². The first-order chi connectivity index (χ1) is 8.74. The first-order valence-electron chi connectivity index (χ1n) is 5.98.